The van der Waals surface area contributed by atoms with E-state index in [9.17, 15) is 0 Å². The van der Waals surface area contributed by atoms with Crippen LogP contribution in [-0.2, 0) is 6.42 Å². The van der Waals surface area contributed by atoms with E-state index >= 15 is 0 Å². The van der Waals surface area contributed by atoms with Crippen molar-refractivity contribution in [3.05, 3.63) is 53.6 Å². The minimum atomic E-state index is 0.527. The number of hydrogen-bond acceptors (Lipinski definition) is 2. The second kappa shape index (κ2) is 9.09. The molecule has 0 aliphatic carbocycles. The topological polar surface area (TPSA) is 51.0 Å². The highest BCUT2D eigenvalue weighted by molar-refractivity contribution is 5.94. The van der Waals surface area contributed by atoms with Crippen molar-refractivity contribution in [2.45, 2.75) is 52.4 Å². The molecule has 0 fully saturated rings. The molecule has 0 saturated carbocycles. The monoisotopic (exact) mass is 364 g/mol. The van der Waals surface area contributed by atoms with Crippen molar-refractivity contribution in [3.8, 4) is 17.0 Å². The van der Waals surface area contributed by atoms with Gasteiger partial charge >= 0.3 is 0 Å². The van der Waals surface area contributed by atoms with E-state index in [0.29, 0.717) is 12.5 Å². The molecule has 27 heavy (non-hydrogen) atoms. The zero-order valence-corrected chi connectivity index (χ0v) is 16.8. The van der Waals surface area contributed by atoms with Gasteiger partial charge in [-0.25, -0.2) is 0 Å². The largest absolute Gasteiger partial charge is 0.493 e. The molecule has 1 heterocycles. The van der Waals surface area contributed by atoms with Crippen molar-refractivity contribution in [2.24, 2.45) is 5.73 Å². The van der Waals surface area contributed by atoms with Gasteiger partial charge in [-0.2, -0.15) is 0 Å². The average Bonchev–Trinajstić information content (AvgIpc) is 3.07. The maximum atomic E-state index is 5.93. The summed E-state index contributed by atoms with van der Waals surface area (Å²) in [6.07, 6.45) is 4.30. The van der Waals surface area contributed by atoms with Crippen LogP contribution in [-0.4, -0.2) is 18.1 Å². The molecule has 0 spiro atoms. The molecule has 0 bridgehead atoms. The molecule has 0 radical (unpaired) electrons. The van der Waals surface area contributed by atoms with E-state index in [2.05, 4.69) is 55.2 Å². The number of aromatic amines is 1. The number of aromatic nitrogens is 1. The van der Waals surface area contributed by atoms with Gasteiger partial charge in [0.2, 0.25) is 0 Å². The van der Waals surface area contributed by atoms with E-state index in [-0.39, 0.29) is 0 Å². The van der Waals surface area contributed by atoms with Gasteiger partial charge in [-0.3, -0.25) is 0 Å². The summed E-state index contributed by atoms with van der Waals surface area (Å²) >= 11 is 0. The first-order valence-corrected chi connectivity index (χ1v) is 10.3. The number of nitrogens with one attached hydrogen (secondary N) is 1. The number of fused-ring (bicyclic) bond motifs is 1. The number of aryl methyl sites for hydroxylation is 1. The Bertz CT molecular complexity index is 881. The summed E-state index contributed by atoms with van der Waals surface area (Å²) < 4.78 is 5.93. The lowest BCUT2D eigenvalue weighted by Crippen LogP contribution is -2.00. The molecule has 0 aliphatic heterocycles. The zero-order valence-electron chi connectivity index (χ0n) is 16.8. The summed E-state index contributed by atoms with van der Waals surface area (Å²) in [4.78, 5) is 3.78. The molecule has 2 aromatic carbocycles. The van der Waals surface area contributed by atoms with Crippen LogP contribution in [0.1, 0.15) is 57.1 Å². The van der Waals surface area contributed by atoms with Gasteiger partial charge in [0.1, 0.15) is 5.75 Å². The number of nitrogens with two attached hydrogens (primary N) is 1. The number of benzene rings is 2. The normalized spacial score (nSPS) is 12.4. The fraction of sp³-hybridized carbons (Fsp3) is 0.417. The van der Waals surface area contributed by atoms with Crippen molar-refractivity contribution >= 4 is 10.9 Å². The van der Waals surface area contributed by atoms with Crippen LogP contribution in [0.2, 0.25) is 0 Å². The Kier molecular flexibility index (Phi) is 6.57. The molecular formula is C24H32N2O. The van der Waals surface area contributed by atoms with Crippen molar-refractivity contribution in [2.75, 3.05) is 13.2 Å². The minimum absolute atomic E-state index is 0.527. The summed E-state index contributed by atoms with van der Waals surface area (Å²) in [6.45, 7) is 7.99. The van der Waals surface area contributed by atoms with Crippen LogP contribution in [0.15, 0.2) is 42.5 Å². The highest BCUT2D eigenvalue weighted by Crippen LogP contribution is 2.39. The molecule has 1 unspecified atom stereocenters. The fourth-order valence-corrected chi connectivity index (χ4v) is 3.82. The van der Waals surface area contributed by atoms with E-state index < -0.39 is 0 Å². The van der Waals surface area contributed by atoms with Crippen LogP contribution in [0.25, 0.3) is 22.2 Å². The first kappa shape index (κ1) is 19.5. The third-order valence-electron chi connectivity index (χ3n) is 5.45. The number of ether oxygens (including phenoxy) is 1. The fourth-order valence-electron chi connectivity index (χ4n) is 3.82. The Morgan fingerprint density at radius 2 is 1.85 bits per heavy atom. The Hall–Kier alpha value is -2.26. The molecule has 1 aromatic heterocycles. The molecule has 0 aliphatic rings. The van der Waals surface area contributed by atoms with Gasteiger partial charge in [-0.05, 0) is 68.3 Å². The van der Waals surface area contributed by atoms with Gasteiger partial charge in [0.25, 0.3) is 0 Å². The maximum absolute atomic E-state index is 5.93. The summed E-state index contributed by atoms with van der Waals surface area (Å²) in [5, 5.41) is 1.34. The number of para-hydroxylation sites is 2. The standard InChI is InChI=1S/C24H32N2O/c1-4-17(3)18-13-10-14-20-19(11-8-9-16-25)24(26-23(18)20)21-12-6-7-15-22(21)27-5-2/h6-7,10,12-15,17,26H,4-5,8-9,11,16,25H2,1-3H3. The van der Waals surface area contributed by atoms with Crippen LogP contribution in [0.5, 0.6) is 5.75 Å². The van der Waals surface area contributed by atoms with Crippen molar-refractivity contribution in [1.29, 1.82) is 0 Å². The van der Waals surface area contributed by atoms with E-state index in [0.717, 1.165) is 43.5 Å². The highest BCUT2D eigenvalue weighted by atomic mass is 16.5. The summed E-state index contributed by atoms with van der Waals surface area (Å²) in [7, 11) is 0. The molecule has 3 rings (SSSR count). The molecule has 0 saturated heterocycles. The lowest BCUT2D eigenvalue weighted by Gasteiger charge is -2.11. The number of hydrogen-bond donors (Lipinski definition) is 2. The van der Waals surface area contributed by atoms with Gasteiger partial charge < -0.3 is 15.5 Å². The number of unbranched alkanes of at least 4 members (excludes halogenated alkanes) is 1. The average molecular weight is 365 g/mol. The van der Waals surface area contributed by atoms with Gasteiger partial charge in [-0.1, -0.05) is 44.2 Å². The second-order valence-electron chi connectivity index (χ2n) is 7.23. The van der Waals surface area contributed by atoms with Crippen LogP contribution >= 0.6 is 0 Å². The summed E-state index contributed by atoms with van der Waals surface area (Å²) in [5.41, 5.74) is 12.1. The Morgan fingerprint density at radius 1 is 1.04 bits per heavy atom. The van der Waals surface area contributed by atoms with Gasteiger partial charge in [-0.15, -0.1) is 0 Å². The molecule has 3 heteroatoms. The lowest BCUT2D eigenvalue weighted by molar-refractivity contribution is 0.341. The molecular weight excluding hydrogens is 332 g/mol. The third-order valence-corrected chi connectivity index (χ3v) is 5.45. The van der Waals surface area contributed by atoms with Crippen molar-refractivity contribution in [1.82, 2.24) is 4.98 Å². The van der Waals surface area contributed by atoms with E-state index in [4.69, 9.17) is 10.5 Å². The smallest absolute Gasteiger partial charge is 0.128 e. The molecule has 0 amide bonds. The maximum Gasteiger partial charge on any atom is 0.128 e. The number of rotatable bonds is 9. The molecule has 1 atom stereocenters. The number of H-pyrrole nitrogens is 1. The van der Waals surface area contributed by atoms with E-state index in [1.54, 1.807) is 0 Å². The van der Waals surface area contributed by atoms with Gasteiger partial charge in [0, 0.05) is 16.5 Å². The van der Waals surface area contributed by atoms with Crippen molar-refractivity contribution < 1.29 is 4.74 Å². The molecule has 3 aromatic rings. The predicted molar refractivity (Wildman–Crippen MR) is 116 cm³/mol. The predicted octanol–water partition coefficient (Wildman–Crippen LogP) is 6.03. The first-order chi connectivity index (χ1) is 13.2. The molecule has 3 nitrogen and oxygen atoms in total. The van der Waals surface area contributed by atoms with E-state index in [1.807, 2.05) is 13.0 Å². The minimum Gasteiger partial charge on any atom is -0.493 e. The van der Waals surface area contributed by atoms with Crippen LogP contribution in [0.3, 0.4) is 0 Å². The summed E-state index contributed by atoms with van der Waals surface area (Å²) in [5.74, 6) is 1.47. The Balaban J connectivity index is 2.20. The van der Waals surface area contributed by atoms with Gasteiger partial charge in [0.05, 0.1) is 12.3 Å². The first-order valence-electron chi connectivity index (χ1n) is 10.3. The molecule has 144 valence electrons. The van der Waals surface area contributed by atoms with Gasteiger partial charge in [0.15, 0.2) is 0 Å². The van der Waals surface area contributed by atoms with Crippen molar-refractivity contribution in [3.63, 3.8) is 0 Å². The quantitative estimate of drug-likeness (QED) is 0.456. The lowest BCUT2D eigenvalue weighted by atomic mass is 9.94. The van der Waals surface area contributed by atoms with Crippen LogP contribution in [0.4, 0.5) is 0 Å². The van der Waals surface area contributed by atoms with Crippen LogP contribution in [0, 0.1) is 0 Å². The Labute approximate surface area is 162 Å². The summed E-state index contributed by atoms with van der Waals surface area (Å²) in [6, 6.07) is 15.0. The Morgan fingerprint density at radius 3 is 2.59 bits per heavy atom. The van der Waals surface area contributed by atoms with E-state index in [1.165, 1.54) is 27.7 Å². The van der Waals surface area contributed by atoms with Crippen LogP contribution < -0.4 is 10.5 Å². The second-order valence-corrected chi connectivity index (χ2v) is 7.23. The molecule has 3 N–H and O–H groups in total. The SMILES string of the molecule is CCOc1ccccc1-c1[nH]c2c(C(C)CC)cccc2c1CCCCN. The highest BCUT2D eigenvalue weighted by Gasteiger charge is 2.19. The third kappa shape index (κ3) is 4.03. The zero-order chi connectivity index (χ0) is 19.2.